The number of hydrogen-bond acceptors (Lipinski definition) is 4. The first-order valence-corrected chi connectivity index (χ1v) is 8.60. The Hall–Kier alpha value is -3.73. The topological polar surface area (TPSA) is 68.0 Å². The minimum Gasteiger partial charge on any atom is -0.355 e. The number of nitrogens with zero attached hydrogens (tertiary/aromatic N) is 2. The highest BCUT2D eigenvalue weighted by Gasteiger charge is 2.21. The molecule has 0 spiro atoms. The molecule has 5 nitrogen and oxygen atoms in total. The van der Waals surface area contributed by atoms with Crippen LogP contribution in [-0.4, -0.2) is 16.0 Å². The van der Waals surface area contributed by atoms with Gasteiger partial charge in [0.25, 0.3) is 5.91 Å². The van der Waals surface area contributed by atoms with Gasteiger partial charge in [-0.15, -0.1) is 0 Å². The van der Waals surface area contributed by atoms with Gasteiger partial charge in [-0.05, 0) is 17.7 Å². The molecule has 0 saturated carbocycles. The summed E-state index contributed by atoms with van der Waals surface area (Å²) >= 11 is 0. The first kappa shape index (κ1) is 16.7. The molecule has 0 aliphatic rings. The average Bonchev–Trinajstić information content (AvgIpc) is 3.24. The lowest BCUT2D eigenvalue weighted by Crippen LogP contribution is -2.30. The number of carbonyl (C=O) groups is 1. The summed E-state index contributed by atoms with van der Waals surface area (Å²) < 4.78 is 5.34. The summed E-state index contributed by atoms with van der Waals surface area (Å²) in [5, 5.41) is 6.93. The normalized spacial score (nSPS) is 11.7. The van der Waals surface area contributed by atoms with Gasteiger partial charge in [-0.2, -0.15) is 0 Å². The number of carbonyl (C=O) groups excluding carboxylic acids is 1. The van der Waals surface area contributed by atoms with Crippen LogP contribution in [0, 0.1) is 0 Å². The third-order valence-electron chi connectivity index (χ3n) is 4.19. The largest absolute Gasteiger partial charge is 0.355 e. The van der Waals surface area contributed by atoms with E-state index in [1.165, 1.54) is 0 Å². The fourth-order valence-electron chi connectivity index (χ4n) is 2.85. The van der Waals surface area contributed by atoms with Crippen LogP contribution in [0.2, 0.25) is 0 Å². The van der Waals surface area contributed by atoms with Crippen molar-refractivity contribution in [3.63, 3.8) is 0 Å². The molecule has 132 valence electrons. The fourth-order valence-corrected chi connectivity index (χ4v) is 2.85. The number of hydrogen-bond donors (Lipinski definition) is 1. The van der Waals surface area contributed by atoms with E-state index in [4.69, 9.17) is 4.52 Å². The summed E-state index contributed by atoms with van der Waals surface area (Å²) in [6, 6.07) is 26.1. The molecule has 1 unspecified atom stereocenters. The Balaban J connectivity index is 1.60. The van der Waals surface area contributed by atoms with Crippen LogP contribution in [0.4, 0.5) is 0 Å². The zero-order valence-corrected chi connectivity index (χ0v) is 14.4. The number of pyridine rings is 1. The van der Waals surface area contributed by atoms with Gasteiger partial charge in [-0.1, -0.05) is 71.9 Å². The maximum absolute atomic E-state index is 12.8. The number of rotatable bonds is 5. The van der Waals surface area contributed by atoms with E-state index in [9.17, 15) is 4.79 Å². The molecule has 2 heterocycles. The lowest BCUT2D eigenvalue weighted by Gasteiger charge is -2.18. The Morgan fingerprint density at radius 3 is 2.30 bits per heavy atom. The van der Waals surface area contributed by atoms with Crippen molar-refractivity contribution < 1.29 is 9.32 Å². The summed E-state index contributed by atoms with van der Waals surface area (Å²) in [5.74, 6) is 0.232. The maximum atomic E-state index is 12.8. The fraction of sp³-hybridized carbons (Fsp3) is 0.0455. The van der Waals surface area contributed by atoms with Crippen LogP contribution in [0.5, 0.6) is 0 Å². The zero-order chi connectivity index (χ0) is 18.5. The van der Waals surface area contributed by atoms with Gasteiger partial charge in [0.15, 0.2) is 11.5 Å². The Morgan fingerprint density at radius 1 is 0.889 bits per heavy atom. The Kier molecular flexibility index (Phi) is 4.74. The van der Waals surface area contributed by atoms with Crippen molar-refractivity contribution in [2.45, 2.75) is 6.04 Å². The lowest BCUT2D eigenvalue weighted by molar-refractivity contribution is 0.0933. The van der Waals surface area contributed by atoms with Crippen molar-refractivity contribution in [2.24, 2.45) is 0 Å². The van der Waals surface area contributed by atoms with Crippen molar-refractivity contribution in [1.29, 1.82) is 0 Å². The van der Waals surface area contributed by atoms with Gasteiger partial charge >= 0.3 is 0 Å². The van der Waals surface area contributed by atoms with E-state index in [0.29, 0.717) is 5.76 Å². The summed E-state index contributed by atoms with van der Waals surface area (Å²) in [6.45, 7) is 0. The van der Waals surface area contributed by atoms with Crippen molar-refractivity contribution in [2.75, 3.05) is 0 Å². The van der Waals surface area contributed by atoms with E-state index in [1.54, 1.807) is 12.3 Å². The van der Waals surface area contributed by atoms with E-state index >= 15 is 0 Å². The van der Waals surface area contributed by atoms with Crippen LogP contribution >= 0.6 is 0 Å². The highest BCUT2D eigenvalue weighted by molar-refractivity contribution is 5.93. The van der Waals surface area contributed by atoms with E-state index in [1.807, 2.05) is 78.9 Å². The van der Waals surface area contributed by atoms with Crippen LogP contribution in [0.3, 0.4) is 0 Å². The van der Waals surface area contributed by atoms with Gasteiger partial charge in [0.2, 0.25) is 0 Å². The van der Waals surface area contributed by atoms with Crippen LogP contribution in [0.25, 0.3) is 11.3 Å². The molecule has 0 radical (unpaired) electrons. The second-order valence-corrected chi connectivity index (χ2v) is 6.01. The van der Waals surface area contributed by atoms with Gasteiger partial charge in [0.1, 0.15) is 0 Å². The van der Waals surface area contributed by atoms with Gasteiger partial charge < -0.3 is 9.84 Å². The molecule has 2 aromatic carbocycles. The summed E-state index contributed by atoms with van der Waals surface area (Å²) in [4.78, 5) is 17.2. The molecule has 4 rings (SSSR count). The molecule has 0 aliphatic heterocycles. The molecule has 1 amide bonds. The smallest absolute Gasteiger partial charge is 0.274 e. The Bertz CT molecular complexity index is 976. The van der Waals surface area contributed by atoms with Crippen LogP contribution in [-0.2, 0) is 0 Å². The highest BCUT2D eigenvalue weighted by atomic mass is 16.5. The molecule has 1 atom stereocenters. The van der Waals surface area contributed by atoms with Crippen molar-refractivity contribution in [3.05, 3.63) is 108 Å². The molecule has 0 fully saturated rings. The molecular weight excluding hydrogens is 338 g/mol. The zero-order valence-electron chi connectivity index (χ0n) is 14.4. The third kappa shape index (κ3) is 3.77. The first-order valence-electron chi connectivity index (χ1n) is 8.60. The number of benzene rings is 2. The van der Waals surface area contributed by atoms with Crippen LogP contribution in [0.15, 0.2) is 95.6 Å². The maximum Gasteiger partial charge on any atom is 0.274 e. The standard InChI is InChI=1S/C22H17N3O2/c26-22(19-15-20(27-25-19)16-9-3-1-4-10-16)24-21(17-11-5-2-6-12-17)18-13-7-8-14-23-18/h1-15,21H,(H,24,26). The Morgan fingerprint density at radius 2 is 1.59 bits per heavy atom. The van der Waals surface area contributed by atoms with Crippen LogP contribution < -0.4 is 5.32 Å². The minimum atomic E-state index is -0.378. The summed E-state index contributed by atoms with van der Waals surface area (Å²) in [5.41, 5.74) is 2.79. The number of nitrogens with one attached hydrogen (secondary N) is 1. The second-order valence-electron chi connectivity index (χ2n) is 6.01. The van der Waals surface area contributed by atoms with Gasteiger partial charge in [-0.25, -0.2) is 0 Å². The Labute approximate surface area is 156 Å². The predicted octanol–water partition coefficient (Wildman–Crippen LogP) is 4.26. The van der Waals surface area contributed by atoms with Gasteiger partial charge in [0.05, 0.1) is 11.7 Å². The highest BCUT2D eigenvalue weighted by Crippen LogP contribution is 2.22. The predicted molar refractivity (Wildman–Crippen MR) is 102 cm³/mol. The van der Waals surface area contributed by atoms with E-state index in [-0.39, 0.29) is 17.6 Å². The third-order valence-corrected chi connectivity index (χ3v) is 4.19. The quantitative estimate of drug-likeness (QED) is 0.581. The van der Waals surface area contributed by atoms with Gasteiger partial charge in [0, 0.05) is 17.8 Å². The molecule has 1 N–H and O–H groups in total. The van der Waals surface area contributed by atoms with E-state index in [0.717, 1.165) is 16.8 Å². The van der Waals surface area contributed by atoms with E-state index < -0.39 is 0 Å². The van der Waals surface area contributed by atoms with Gasteiger partial charge in [-0.3, -0.25) is 9.78 Å². The second kappa shape index (κ2) is 7.66. The SMILES string of the molecule is O=C(NC(c1ccccc1)c1ccccn1)c1cc(-c2ccccc2)on1. The monoisotopic (exact) mass is 355 g/mol. The van der Waals surface area contributed by atoms with Crippen molar-refractivity contribution in [1.82, 2.24) is 15.5 Å². The van der Waals surface area contributed by atoms with Crippen molar-refractivity contribution >= 4 is 5.91 Å². The lowest BCUT2D eigenvalue weighted by atomic mass is 10.0. The molecule has 0 bridgehead atoms. The van der Waals surface area contributed by atoms with Crippen molar-refractivity contribution in [3.8, 4) is 11.3 Å². The molecule has 2 aromatic heterocycles. The summed E-state index contributed by atoms with van der Waals surface area (Å²) in [6.07, 6.45) is 1.71. The molecule has 0 saturated heterocycles. The average molecular weight is 355 g/mol. The molecule has 4 aromatic rings. The molecular formula is C22H17N3O2. The molecule has 5 heteroatoms. The van der Waals surface area contributed by atoms with Crippen LogP contribution in [0.1, 0.15) is 27.8 Å². The molecule has 27 heavy (non-hydrogen) atoms. The molecule has 0 aliphatic carbocycles. The number of aromatic nitrogens is 2. The minimum absolute atomic E-state index is 0.228. The summed E-state index contributed by atoms with van der Waals surface area (Å²) in [7, 11) is 0. The number of amides is 1. The first-order chi connectivity index (χ1) is 13.3. The van der Waals surface area contributed by atoms with E-state index in [2.05, 4.69) is 15.5 Å².